The summed E-state index contributed by atoms with van der Waals surface area (Å²) in [6, 6.07) is 15.2. The normalized spacial score (nSPS) is 10.9. The Balaban J connectivity index is 1.83. The third-order valence-electron chi connectivity index (χ3n) is 6.98. The van der Waals surface area contributed by atoms with Crippen molar-refractivity contribution >= 4 is 28.4 Å². The number of nitriles is 1. The average molecular weight is 614 g/mol. The van der Waals surface area contributed by atoms with Crippen molar-refractivity contribution in [3.8, 4) is 28.6 Å². The van der Waals surface area contributed by atoms with E-state index in [4.69, 9.17) is 21.4 Å². The summed E-state index contributed by atoms with van der Waals surface area (Å²) in [5.41, 5.74) is 1.14. The summed E-state index contributed by atoms with van der Waals surface area (Å²) in [6.45, 7) is 1.48. The van der Waals surface area contributed by atoms with E-state index in [2.05, 4.69) is 10.3 Å². The van der Waals surface area contributed by atoms with Crippen LogP contribution < -0.4 is 21.3 Å². The number of benzene rings is 3. The van der Waals surface area contributed by atoms with Crippen LogP contribution in [0.4, 0.5) is 4.39 Å². The molecular formula is C32H25ClFN5O5. The number of carbonyl (C=O) groups excluding carboxylic acids is 1. The van der Waals surface area contributed by atoms with Crippen molar-refractivity contribution in [3.05, 3.63) is 121 Å². The second-order valence-electron chi connectivity index (χ2n) is 9.90. The van der Waals surface area contributed by atoms with E-state index in [1.165, 1.54) is 36.1 Å². The van der Waals surface area contributed by atoms with Gasteiger partial charge in [0.1, 0.15) is 23.0 Å². The summed E-state index contributed by atoms with van der Waals surface area (Å²) in [5.74, 6) is -1.000. The number of amides is 1. The van der Waals surface area contributed by atoms with E-state index < -0.39 is 23.0 Å². The van der Waals surface area contributed by atoms with Gasteiger partial charge in [-0.15, -0.1) is 0 Å². The van der Waals surface area contributed by atoms with Gasteiger partial charge >= 0.3 is 5.69 Å². The predicted octanol–water partition coefficient (Wildman–Crippen LogP) is 3.97. The summed E-state index contributed by atoms with van der Waals surface area (Å²) < 4.78 is 22.1. The van der Waals surface area contributed by atoms with Crippen LogP contribution in [-0.2, 0) is 6.54 Å². The number of aryl methyl sites for hydroxylation is 1. The topological polar surface area (TPSA) is 139 Å². The maximum atomic E-state index is 14.1. The minimum Gasteiger partial charge on any atom is -0.496 e. The van der Waals surface area contributed by atoms with Crippen LogP contribution in [0.2, 0.25) is 5.02 Å². The van der Waals surface area contributed by atoms with Crippen molar-refractivity contribution in [1.29, 1.82) is 5.26 Å². The number of pyridine rings is 1. The lowest BCUT2D eigenvalue weighted by Gasteiger charge is -2.18. The minimum absolute atomic E-state index is 0.0620. The van der Waals surface area contributed by atoms with Gasteiger partial charge in [0.15, 0.2) is 0 Å². The van der Waals surface area contributed by atoms with Crippen LogP contribution in [0.5, 0.6) is 5.75 Å². The summed E-state index contributed by atoms with van der Waals surface area (Å²) >= 11 is 6.57. The third kappa shape index (κ3) is 5.68. The first-order valence-corrected chi connectivity index (χ1v) is 13.7. The molecule has 44 heavy (non-hydrogen) atoms. The molecule has 10 nitrogen and oxygen atoms in total. The number of aliphatic hydroxyl groups excluding tert-OH is 1. The van der Waals surface area contributed by atoms with Gasteiger partial charge in [-0.05, 0) is 72.1 Å². The lowest BCUT2D eigenvalue weighted by molar-refractivity contribution is 0.0945. The summed E-state index contributed by atoms with van der Waals surface area (Å²) in [4.78, 5) is 44.9. The van der Waals surface area contributed by atoms with Crippen LogP contribution >= 0.6 is 11.6 Å². The number of methoxy groups -OCH3 is 1. The first-order chi connectivity index (χ1) is 21.2. The number of nitrogens with zero attached hydrogens (tertiary/aromatic N) is 4. The van der Waals surface area contributed by atoms with Gasteiger partial charge in [0.05, 0.1) is 43.2 Å². The molecule has 0 aliphatic carbocycles. The van der Waals surface area contributed by atoms with E-state index in [9.17, 15) is 24.0 Å². The van der Waals surface area contributed by atoms with Gasteiger partial charge < -0.3 is 15.2 Å². The van der Waals surface area contributed by atoms with E-state index in [1.807, 2.05) is 0 Å². The maximum Gasteiger partial charge on any atom is 0.336 e. The van der Waals surface area contributed by atoms with Crippen molar-refractivity contribution in [2.45, 2.75) is 13.5 Å². The van der Waals surface area contributed by atoms with Gasteiger partial charge in [-0.1, -0.05) is 17.7 Å². The summed E-state index contributed by atoms with van der Waals surface area (Å²) in [6.07, 6.45) is 2.98. The monoisotopic (exact) mass is 613 g/mol. The zero-order valence-electron chi connectivity index (χ0n) is 23.6. The van der Waals surface area contributed by atoms with E-state index >= 15 is 0 Å². The number of nitrogens with one attached hydrogen (secondary N) is 1. The van der Waals surface area contributed by atoms with Gasteiger partial charge in [-0.25, -0.2) is 13.8 Å². The molecular weight excluding hydrogens is 589 g/mol. The highest BCUT2D eigenvalue weighted by atomic mass is 35.5. The quantitative estimate of drug-likeness (QED) is 0.270. The number of halogens is 2. The van der Waals surface area contributed by atoms with Crippen molar-refractivity contribution in [3.63, 3.8) is 0 Å². The highest BCUT2D eigenvalue weighted by molar-refractivity contribution is 6.33. The van der Waals surface area contributed by atoms with E-state index in [0.29, 0.717) is 16.7 Å². The number of aromatic nitrogens is 3. The Hall–Kier alpha value is -5.31. The predicted molar refractivity (Wildman–Crippen MR) is 163 cm³/mol. The minimum atomic E-state index is -0.708. The standard InChI is InChI=1S/C32H25ClFN5O5/c1-18-9-23(16-36-15-18)39-31(42)29-27(38(32(39)43)17-19-3-6-26(34)22(10-19)14-35)12-21(13-28(29)44-2)24-11-20(4-5-25(24)33)30(41)37-7-8-40/h3-6,9-13,15-16,40H,7-8,17H2,1-2H3,(H,37,41). The highest BCUT2D eigenvalue weighted by Gasteiger charge is 2.21. The van der Waals surface area contributed by atoms with Gasteiger partial charge in [-0.3, -0.25) is 19.1 Å². The summed E-state index contributed by atoms with van der Waals surface area (Å²) in [7, 11) is 1.38. The number of ether oxygens (including phenoxy) is 1. The number of hydrogen-bond donors (Lipinski definition) is 2. The van der Waals surface area contributed by atoms with E-state index in [-0.39, 0.29) is 58.2 Å². The molecule has 5 rings (SSSR count). The second-order valence-corrected chi connectivity index (χ2v) is 10.3. The van der Waals surface area contributed by atoms with Crippen LogP contribution in [0.1, 0.15) is 27.0 Å². The molecule has 0 radical (unpaired) electrons. The lowest BCUT2D eigenvalue weighted by Crippen LogP contribution is -2.39. The molecule has 2 heterocycles. The van der Waals surface area contributed by atoms with Crippen molar-refractivity contribution < 1.29 is 19.0 Å². The molecule has 2 aromatic heterocycles. The largest absolute Gasteiger partial charge is 0.496 e. The van der Waals surface area contributed by atoms with Gasteiger partial charge in [-0.2, -0.15) is 5.26 Å². The molecule has 2 N–H and O–H groups in total. The van der Waals surface area contributed by atoms with Crippen LogP contribution in [0.3, 0.4) is 0 Å². The fraction of sp³-hybridized carbons (Fsp3) is 0.156. The van der Waals surface area contributed by atoms with Crippen LogP contribution in [0, 0.1) is 24.1 Å². The van der Waals surface area contributed by atoms with E-state index in [0.717, 1.165) is 16.2 Å². The zero-order valence-corrected chi connectivity index (χ0v) is 24.4. The molecule has 0 aliphatic rings. The Kier molecular flexibility index (Phi) is 8.57. The SMILES string of the molecule is COc1cc(-c2cc(C(=O)NCCO)ccc2Cl)cc2c1c(=O)n(-c1cncc(C)c1)c(=O)n2Cc1ccc(F)c(C#N)c1. The fourth-order valence-electron chi connectivity index (χ4n) is 4.91. The molecule has 0 unspecified atom stereocenters. The second kappa shape index (κ2) is 12.5. The molecule has 0 saturated carbocycles. The molecule has 0 spiro atoms. The number of aliphatic hydroxyl groups is 1. The molecule has 0 saturated heterocycles. The Bertz CT molecular complexity index is 2100. The molecule has 0 aliphatic heterocycles. The molecule has 5 aromatic rings. The third-order valence-corrected chi connectivity index (χ3v) is 7.31. The fourth-order valence-corrected chi connectivity index (χ4v) is 5.13. The molecule has 1 amide bonds. The van der Waals surface area contributed by atoms with Crippen LogP contribution in [-0.4, -0.2) is 45.4 Å². The number of fused-ring (bicyclic) bond motifs is 1. The van der Waals surface area contributed by atoms with Crippen molar-refractivity contribution in [1.82, 2.24) is 19.4 Å². The Labute approximate surface area is 255 Å². The molecule has 0 atom stereocenters. The molecule has 0 fully saturated rings. The van der Waals surface area contributed by atoms with Crippen LogP contribution in [0.25, 0.3) is 27.7 Å². The first-order valence-electron chi connectivity index (χ1n) is 13.3. The number of carbonyl (C=O) groups is 1. The number of hydrogen-bond acceptors (Lipinski definition) is 7. The molecule has 222 valence electrons. The van der Waals surface area contributed by atoms with Crippen molar-refractivity contribution in [2.24, 2.45) is 0 Å². The average Bonchev–Trinajstić information content (AvgIpc) is 3.02. The zero-order chi connectivity index (χ0) is 31.5. The lowest BCUT2D eigenvalue weighted by atomic mass is 10.00. The Morgan fingerprint density at radius 3 is 2.64 bits per heavy atom. The van der Waals surface area contributed by atoms with Gasteiger partial charge in [0.2, 0.25) is 0 Å². The molecule has 0 bridgehead atoms. The number of rotatable bonds is 8. The Morgan fingerprint density at radius 1 is 1.14 bits per heavy atom. The smallest absolute Gasteiger partial charge is 0.336 e. The highest BCUT2D eigenvalue weighted by Crippen LogP contribution is 2.35. The molecule has 3 aromatic carbocycles. The van der Waals surface area contributed by atoms with Gasteiger partial charge in [0, 0.05) is 28.9 Å². The van der Waals surface area contributed by atoms with Crippen LogP contribution in [0.15, 0.2) is 76.6 Å². The van der Waals surface area contributed by atoms with Gasteiger partial charge in [0.25, 0.3) is 11.5 Å². The maximum absolute atomic E-state index is 14.1. The molecule has 12 heteroatoms. The first kappa shape index (κ1) is 30.2. The van der Waals surface area contributed by atoms with Crippen molar-refractivity contribution in [2.75, 3.05) is 20.3 Å². The van der Waals surface area contributed by atoms with E-state index in [1.54, 1.807) is 49.5 Å². The Morgan fingerprint density at radius 2 is 1.93 bits per heavy atom. The summed E-state index contributed by atoms with van der Waals surface area (Å²) in [5, 5.41) is 21.4.